The van der Waals surface area contributed by atoms with E-state index in [9.17, 15) is 0 Å². The van der Waals surface area contributed by atoms with Crippen LogP contribution in [0.15, 0.2) is 28.7 Å². The Balaban J connectivity index is 1.90. The number of rotatable bonds is 3. The molecular formula is C15H22BrN. The summed E-state index contributed by atoms with van der Waals surface area (Å²) < 4.78 is 1.17. The topological polar surface area (TPSA) is 3.24 Å². The molecule has 0 aromatic heterocycles. The van der Waals surface area contributed by atoms with Crippen LogP contribution in [-0.2, 0) is 6.42 Å². The van der Waals surface area contributed by atoms with Crippen molar-refractivity contribution in [3.8, 4) is 0 Å². The van der Waals surface area contributed by atoms with E-state index < -0.39 is 0 Å². The largest absolute Gasteiger partial charge is 0.300 e. The van der Waals surface area contributed by atoms with Crippen LogP contribution in [0.3, 0.4) is 0 Å². The van der Waals surface area contributed by atoms with Crippen molar-refractivity contribution < 1.29 is 0 Å². The van der Waals surface area contributed by atoms with Gasteiger partial charge in [-0.1, -0.05) is 40.9 Å². The molecule has 2 heteroatoms. The van der Waals surface area contributed by atoms with E-state index in [1.165, 1.54) is 55.2 Å². The fraction of sp³-hybridized carbons (Fsp3) is 0.600. The van der Waals surface area contributed by atoms with Crippen LogP contribution in [0.1, 0.15) is 38.2 Å². The molecule has 1 aromatic rings. The second kappa shape index (κ2) is 6.55. The zero-order valence-electron chi connectivity index (χ0n) is 10.7. The summed E-state index contributed by atoms with van der Waals surface area (Å²) in [6.07, 6.45) is 6.77. The molecular weight excluding hydrogens is 274 g/mol. The summed E-state index contributed by atoms with van der Waals surface area (Å²) in [5.74, 6) is 0. The van der Waals surface area contributed by atoms with E-state index in [1.54, 1.807) is 0 Å². The van der Waals surface area contributed by atoms with Crippen molar-refractivity contribution in [1.82, 2.24) is 4.90 Å². The Hall–Kier alpha value is -0.340. The third-order valence-corrected chi connectivity index (χ3v) is 4.24. The lowest BCUT2D eigenvalue weighted by atomic mass is 10.1. The highest BCUT2D eigenvalue weighted by molar-refractivity contribution is 9.10. The van der Waals surface area contributed by atoms with Gasteiger partial charge in [-0.2, -0.15) is 0 Å². The van der Waals surface area contributed by atoms with E-state index in [1.807, 2.05) is 0 Å². The van der Waals surface area contributed by atoms with Crippen molar-refractivity contribution in [2.45, 2.75) is 45.1 Å². The SMILES string of the molecule is CC(Cc1ccc(Br)cc1)N1CCCCCC1. The van der Waals surface area contributed by atoms with E-state index in [0.29, 0.717) is 6.04 Å². The predicted molar refractivity (Wildman–Crippen MR) is 77.3 cm³/mol. The van der Waals surface area contributed by atoms with Gasteiger partial charge in [0, 0.05) is 10.5 Å². The molecule has 1 aliphatic heterocycles. The zero-order chi connectivity index (χ0) is 12.1. The maximum absolute atomic E-state index is 3.49. The molecule has 0 amide bonds. The standard InChI is InChI=1S/C15H22BrN/c1-13(17-10-4-2-3-5-11-17)12-14-6-8-15(16)9-7-14/h6-9,13H,2-5,10-12H2,1H3. The highest BCUT2D eigenvalue weighted by Crippen LogP contribution is 2.17. The fourth-order valence-corrected chi connectivity index (χ4v) is 2.89. The van der Waals surface area contributed by atoms with E-state index in [0.717, 1.165) is 0 Å². The van der Waals surface area contributed by atoms with Crippen LogP contribution < -0.4 is 0 Å². The zero-order valence-corrected chi connectivity index (χ0v) is 12.2. The van der Waals surface area contributed by atoms with Crippen LogP contribution in [0.4, 0.5) is 0 Å². The van der Waals surface area contributed by atoms with Crippen LogP contribution >= 0.6 is 15.9 Å². The van der Waals surface area contributed by atoms with E-state index in [4.69, 9.17) is 0 Å². The lowest BCUT2D eigenvalue weighted by Crippen LogP contribution is -2.35. The summed E-state index contributed by atoms with van der Waals surface area (Å²) in [5, 5.41) is 0. The summed E-state index contributed by atoms with van der Waals surface area (Å²) in [6.45, 7) is 4.95. The fourth-order valence-electron chi connectivity index (χ4n) is 2.63. The van der Waals surface area contributed by atoms with Gasteiger partial charge in [-0.15, -0.1) is 0 Å². The molecule has 94 valence electrons. The number of likely N-dealkylation sites (tertiary alicyclic amines) is 1. The molecule has 1 nitrogen and oxygen atoms in total. The predicted octanol–water partition coefficient (Wildman–Crippen LogP) is 4.26. The van der Waals surface area contributed by atoms with Gasteiger partial charge in [0.1, 0.15) is 0 Å². The highest BCUT2D eigenvalue weighted by Gasteiger charge is 2.15. The minimum atomic E-state index is 0.675. The first-order valence-corrected chi connectivity index (χ1v) is 7.53. The van der Waals surface area contributed by atoms with Gasteiger partial charge < -0.3 is 4.90 Å². The lowest BCUT2D eigenvalue weighted by molar-refractivity contribution is 0.216. The molecule has 0 bridgehead atoms. The molecule has 0 radical (unpaired) electrons. The average molecular weight is 296 g/mol. The Morgan fingerprint density at radius 2 is 1.65 bits per heavy atom. The van der Waals surface area contributed by atoms with Crippen LogP contribution in [-0.4, -0.2) is 24.0 Å². The summed E-state index contributed by atoms with van der Waals surface area (Å²) in [5.41, 5.74) is 1.45. The van der Waals surface area contributed by atoms with Crippen LogP contribution in [0.5, 0.6) is 0 Å². The normalized spacial score (nSPS) is 19.9. The Kier molecular flexibility index (Phi) is 5.05. The Bertz CT molecular complexity index is 325. The molecule has 1 atom stereocenters. The van der Waals surface area contributed by atoms with Gasteiger partial charge in [-0.3, -0.25) is 0 Å². The van der Waals surface area contributed by atoms with Gasteiger partial charge in [0.2, 0.25) is 0 Å². The monoisotopic (exact) mass is 295 g/mol. The molecule has 1 aliphatic rings. The van der Waals surface area contributed by atoms with E-state index in [2.05, 4.69) is 52.0 Å². The van der Waals surface area contributed by atoms with Gasteiger partial charge in [0.15, 0.2) is 0 Å². The van der Waals surface area contributed by atoms with Crippen molar-refractivity contribution in [2.75, 3.05) is 13.1 Å². The minimum absolute atomic E-state index is 0.675. The maximum atomic E-state index is 3.49. The average Bonchev–Trinajstić information content (AvgIpc) is 2.61. The molecule has 1 heterocycles. The second-order valence-corrected chi connectivity index (χ2v) is 6.05. The third kappa shape index (κ3) is 4.11. The molecule has 17 heavy (non-hydrogen) atoms. The lowest BCUT2D eigenvalue weighted by Gasteiger charge is -2.27. The molecule has 0 saturated carbocycles. The Labute approximate surface area is 113 Å². The number of benzene rings is 1. The van der Waals surface area contributed by atoms with Gasteiger partial charge in [0.05, 0.1) is 0 Å². The molecule has 0 spiro atoms. The van der Waals surface area contributed by atoms with Crippen molar-refractivity contribution in [1.29, 1.82) is 0 Å². The van der Waals surface area contributed by atoms with Crippen molar-refractivity contribution in [2.24, 2.45) is 0 Å². The van der Waals surface area contributed by atoms with Crippen molar-refractivity contribution in [3.05, 3.63) is 34.3 Å². The van der Waals surface area contributed by atoms with Crippen molar-refractivity contribution >= 4 is 15.9 Å². The first-order valence-electron chi connectivity index (χ1n) is 6.74. The van der Waals surface area contributed by atoms with Crippen LogP contribution in [0, 0.1) is 0 Å². The highest BCUT2D eigenvalue weighted by atomic mass is 79.9. The molecule has 1 unspecified atom stereocenters. The molecule has 2 rings (SSSR count). The summed E-state index contributed by atoms with van der Waals surface area (Å²) in [7, 11) is 0. The Morgan fingerprint density at radius 3 is 2.24 bits per heavy atom. The van der Waals surface area contributed by atoms with E-state index in [-0.39, 0.29) is 0 Å². The summed E-state index contributed by atoms with van der Waals surface area (Å²) >= 11 is 3.49. The third-order valence-electron chi connectivity index (χ3n) is 3.71. The van der Waals surface area contributed by atoms with Gasteiger partial charge in [0.25, 0.3) is 0 Å². The summed E-state index contributed by atoms with van der Waals surface area (Å²) in [6, 6.07) is 9.43. The second-order valence-electron chi connectivity index (χ2n) is 5.13. The quantitative estimate of drug-likeness (QED) is 0.805. The van der Waals surface area contributed by atoms with Crippen LogP contribution in [0.25, 0.3) is 0 Å². The number of hydrogen-bond acceptors (Lipinski definition) is 1. The molecule has 1 saturated heterocycles. The first kappa shape index (κ1) is 13.1. The first-order chi connectivity index (χ1) is 8.25. The molecule has 1 aromatic carbocycles. The number of halogens is 1. The van der Waals surface area contributed by atoms with Crippen molar-refractivity contribution in [3.63, 3.8) is 0 Å². The molecule has 0 N–H and O–H groups in total. The number of hydrogen-bond donors (Lipinski definition) is 0. The van der Waals surface area contributed by atoms with Gasteiger partial charge in [-0.25, -0.2) is 0 Å². The minimum Gasteiger partial charge on any atom is -0.300 e. The maximum Gasteiger partial charge on any atom is 0.0175 e. The smallest absolute Gasteiger partial charge is 0.0175 e. The van der Waals surface area contributed by atoms with Gasteiger partial charge in [-0.05, 0) is 57.0 Å². The van der Waals surface area contributed by atoms with Gasteiger partial charge >= 0.3 is 0 Å². The molecule has 0 aliphatic carbocycles. The van der Waals surface area contributed by atoms with E-state index >= 15 is 0 Å². The molecule has 1 fully saturated rings. The number of nitrogens with zero attached hydrogens (tertiary/aromatic N) is 1. The summed E-state index contributed by atoms with van der Waals surface area (Å²) in [4.78, 5) is 2.66. The Morgan fingerprint density at radius 1 is 1.06 bits per heavy atom. The van der Waals surface area contributed by atoms with Crippen LogP contribution in [0.2, 0.25) is 0 Å².